The van der Waals surface area contributed by atoms with Crippen LogP contribution in [0.2, 0.25) is 0 Å². The molecule has 0 saturated carbocycles. The van der Waals surface area contributed by atoms with Crippen molar-refractivity contribution >= 4 is 33.1 Å². The summed E-state index contributed by atoms with van der Waals surface area (Å²) in [6, 6.07) is 17.9. The molecule has 7 rings (SSSR count). The number of halogens is 2. The van der Waals surface area contributed by atoms with Crippen LogP contribution in [-0.2, 0) is 9.47 Å². The molecule has 13 heteroatoms. The van der Waals surface area contributed by atoms with E-state index >= 15 is 4.39 Å². The van der Waals surface area contributed by atoms with E-state index in [0.29, 0.717) is 34.9 Å². The fourth-order valence-electron chi connectivity index (χ4n) is 5.15. The van der Waals surface area contributed by atoms with Gasteiger partial charge in [-0.25, -0.2) is 8.78 Å². The summed E-state index contributed by atoms with van der Waals surface area (Å²) >= 11 is 1.40. The van der Waals surface area contributed by atoms with Gasteiger partial charge in [0, 0.05) is 47.7 Å². The second kappa shape index (κ2) is 13.3. The Morgan fingerprint density at radius 1 is 0.979 bits per heavy atom. The molecular weight excluding hydrogens is 642 g/mol. The zero-order chi connectivity index (χ0) is 33.2. The molecule has 1 N–H and O–H groups in total. The molecule has 0 spiro atoms. The average Bonchev–Trinajstić information content (AvgIpc) is 3.79. The van der Waals surface area contributed by atoms with Crippen LogP contribution in [0.15, 0.2) is 96.2 Å². The Bertz CT molecular complexity index is 2180. The van der Waals surface area contributed by atoms with Crippen LogP contribution in [0.5, 0.6) is 17.2 Å². The molecule has 0 unspecified atom stereocenters. The quantitative estimate of drug-likeness (QED) is 0.171. The first-order valence-corrected chi connectivity index (χ1v) is 15.7. The Morgan fingerprint density at radius 3 is 2.52 bits per heavy atom. The minimum absolute atomic E-state index is 0.0544. The number of pyridine rings is 3. The number of anilines is 1. The van der Waals surface area contributed by atoms with Crippen LogP contribution in [0.3, 0.4) is 0 Å². The monoisotopic (exact) mass is 668 g/mol. The summed E-state index contributed by atoms with van der Waals surface area (Å²) in [5, 5.41) is 2.57. The summed E-state index contributed by atoms with van der Waals surface area (Å²) in [6.07, 6.45) is 4.30. The molecule has 0 aliphatic carbocycles. The number of fused-ring (bicyclic) bond motifs is 1. The zero-order valence-electron chi connectivity index (χ0n) is 25.3. The Morgan fingerprint density at radius 2 is 1.79 bits per heavy atom. The van der Waals surface area contributed by atoms with Crippen LogP contribution in [0.4, 0.5) is 14.5 Å². The van der Waals surface area contributed by atoms with Crippen molar-refractivity contribution < 1.29 is 32.5 Å². The van der Waals surface area contributed by atoms with Gasteiger partial charge >= 0.3 is 0 Å². The normalized spacial score (nSPS) is 13.1. The van der Waals surface area contributed by atoms with Gasteiger partial charge in [0.2, 0.25) is 0 Å². The molecule has 0 bridgehead atoms. The summed E-state index contributed by atoms with van der Waals surface area (Å²) in [6.45, 7) is 3.00. The third kappa shape index (κ3) is 6.26. The van der Waals surface area contributed by atoms with Crippen molar-refractivity contribution in [3.63, 3.8) is 0 Å². The predicted molar refractivity (Wildman–Crippen MR) is 175 cm³/mol. The molecular formula is C35H26F2N4O6S. The Kier molecular flexibility index (Phi) is 8.63. The molecule has 48 heavy (non-hydrogen) atoms. The lowest BCUT2D eigenvalue weighted by atomic mass is 10.2. The van der Waals surface area contributed by atoms with E-state index in [1.54, 1.807) is 25.4 Å². The summed E-state index contributed by atoms with van der Waals surface area (Å²) < 4.78 is 53.3. The highest BCUT2D eigenvalue weighted by molar-refractivity contribution is 7.22. The number of nitrogens with one attached hydrogen (secondary N) is 1. The first-order chi connectivity index (χ1) is 23.4. The second-order valence-corrected chi connectivity index (χ2v) is 11.6. The summed E-state index contributed by atoms with van der Waals surface area (Å²) in [4.78, 5) is 36.6. The number of ether oxygens (including phenoxy) is 4. The summed E-state index contributed by atoms with van der Waals surface area (Å²) in [7, 11) is 0. The maximum absolute atomic E-state index is 15.4. The lowest BCUT2D eigenvalue weighted by molar-refractivity contribution is -0.0443. The van der Waals surface area contributed by atoms with Crippen LogP contribution in [0.25, 0.3) is 26.5 Å². The summed E-state index contributed by atoms with van der Waals surface area (Å²) in [5.74, 6) is -1.65. The molecule has 5 heterocycles. The van der Waals surface area contributed by atoms with E-state index in [-0.39, 0.29) is 29.4 Å². The largest absolute Gasteiger partial charge is 0.493 e. The van der Waals surface area contributed by atoms with Crippen molar-refractivity contribution in [2.45, 2.75) is 13.2 Å². The molecule has 1 aliphatic heterocycles. The number of aromatic nitrogens is 3. The fraction of sp³-hybridized carbons (Fsp3) is 0.143. The third-order valence-electron chi connectivity index (χ3n) is 7.40. The number of carbonyl (C=O) groups is 1. The topological polar surface area (TPSA) is 114 Å². The maximum Gasteiger partial charge on any atom is 0.271 e. The van der Waals surface area contributed by atoms with Crippen molar-refractivity contribution in [1.82, 2.24) is 14.5 Å². The lowest BCUT2D eigenvalue weighted by Crippen LogP contribution is -2.29. The van der Waals surface area contributed by atoms with Gasteiger partial charge in [-0.15, -0.1) is 11.3 Å². The Labute approximate surface area is 276 Å². The smallest absolute Gasteiger partial charge is 0.271 e. The summed E-state index contributed by atoms with van der Waals surface area (Å²) in [5.41, 5.74) is 1.68. The van der Waals surface area contributed by atoms with Gasteiger partial charge in [-0.1, -0.05) is 6.07 Å². The number of benzene rings is 2. The van der Waals surface area contributed by atoms with Gasteiger partial charge < -0.3 is 24.3 Å². The predicted octanol–water partition coefficient (Wildman–Crippen LogP) is 7.28. The van der Waals surface area contributed by atoms with Gasteiger partial charge in [0.1, 0.15) is 22.9 Å². The number of nitrogens with zero attached hydrogens (tertiary/aromatic N) is 3. The van der Waals surface area contributed by atoms with Crippen molar-refractivity contribution in [3.05, 3.63) is 125 Å². The van der Waals surface area contributed by atoms with E-state index in [1.165, 1.54) is 64.6 Å². The van der Waals surface area contributed by atoms with E-state index in [4.69, 9.17) is 18.9 Å². The SMILES string of the molecule is CCOc1ccn(-c2ccc(F)cc2)c(=O)c1C(=O)Nc1ccc(Oc2ccnc3cc(-c4ccc(C5OCCO5)cn4)sc23)c(F)c1. The third-order valence-corrected chi connectivity index (χ3v) is 8.57. The van der Waals surface area contributed by atoms with Crippen molar-refractivity contribution in [1.29, 1.82) is 0 Å². The van der Waals surface area contributed by atoms with Crippen LogP contribution in [0.1, 0.15) is 29.1 Å². The first-order valence-electron chi connectivity index (χ1n) is 14.9. The highest BCUT2D eigenvalue weighted by atomic mass is 32.1. The number of hydrogen-bond donors (Lipinski definition) is 1. The Balaban J connectivity index is 1.11. The molecule has 242 valence electrons. The number of rotatable bonds is 9. The van der Waals surface area contributed by atoms with E-state index in [1.807, 2.05) is 18.2 Å². The molecule has 10 nitrogen and oxygen atoms in total. The van der Waals surface area contributed by atoms with Crippen LogP contribution in [-0.4, -0.2) is 40.3 Å². The van der Waals surface area contributed by atoms with Gasteiger partial charge in [0.25, 0.3) is 11.5 Å². The second-order valence-electron chi connectivity index (χ2n) is 10.5. The molecule has 6 aromatic rings. The highest BCUT2D eigenvalue weighted by Gasteiger charge is 2.22. The van der Waals surface area contributed by atoms with E-state index in [0.717, 1.165) is 22.2 Å². The number of carbonyl (C=O) groups excluding carboxylic acids is 1. The number of amides is 1. The molecule has 4 aromatic heterocycles. The standard InChI is InChI=1S/C35H26F2N4O6S/c1-2-44-28-12-14-41(23-7-4-21(36)5-8-23)34(43)31(28)33(42)40-22-6-10-27(24(37)17-22)47-29-11-13-38-26-18-30(48-32(26)29)25-9-3-20(19-39-25)35-45-15-16-46-35/h3-14,17-19,35H,2,15-16H2,1H3,(H,40,42). The van der Waals surface area contributed by atoms with Crippen LogP contribution >= 0.6 is 11.3 Å². The van der Waals surface area contributed by atoms with E-state index in [9.17, 15) is 14.0 Å². The van der Waals surface area contributed by atoms with Crippen LogP contribution < -0.4 is 20.3 Å². The average molecular weight is 669 g/mol. The van der Waals surface area contributed by atoms with E-state index in [2.05, 4.69) is 15.3 Å². The number of hydrogen-bond acceptors (Lipinski definition) is 9. The molecule has 1 saturated heterocycles. The Hall–Kier alpha value is -5.50. The molecule has 0 atom stereocenters. The van der Waals surface area contributed by atoms with Crippen molar-refractivity contribution in [2.24, 2.45) is 0 Å². The minimum atomic E-state index is -0.806. The van der Waals surface area contributed by atoms with Gasteiger partial charge in [-0.05, 0) is 61.5 Å². The van der Waals surface area contributed by atoms with Gasteiger partial charge in [-0.3, -0.25) is 24.1 Å². The maximum atomic E-state index is 15.4. The molecule has 0 radical (unpaired) electrons. The molecule has 1 amide bonds. The van der Waals surface area contributed by atoms with Crippen molar-refractivity contribution in [2.75, 3.05) is 25.1 Å². The van der Waals surface area contributed by atoms with E-state index < -0.39 is 29.4 Å². The van der Waals surface area contributed by atoms with Crippen molar-refractivity contribution in [3.8, 4) is 33.5 Å². The fourth-order valence-corrected chi connectivity index (χ4v) is 6.19. The lowest BCUT2D eigenvalue weighted by Gasteiger charge is -2.14. The molecule has 1 fully saturated rings. The first kappa shape index (κ1) is 31.1. The highest BCUT2D eigenvalue weighted by Crippen LogP contribution is 2.39. The number of thiophene rings is 1. The van der Waals surface area contributed by atoms with Gasteiger partial charge in [-0.2, -0.15) is 0 Å². The van der Waals surface area contributed by atoms with Crippen LogP contribution in [0, 0.1) is 11.6 Å². The molecule has 1 aliphatic rings. The van der Waals surface area contributed by atoms with Gasteiger partial charge in [0.15, 0.2) is 17.9 Å². The molecule has 2 aromatic carbocycles. The zero-order valence-corrected chi connectivity index (χ0v) is 26.1. The van der Waals surface area contributed by atoms with Gasteiger partial charge in [0.05, 0.1) is 40.6 Å². The minimum Gasteiger partial charge on any atom is -0.493 e.